The molecule has 0 bridgehead atoms. The Morgan fingerprint density at radius 3 is 2.60 bits per heavy atom. The molecule has 1 fully saturated rings. The summed E-state index contributed by atoms with van der Waals surface area (Å²) in [5.74, 6) is 1.23. The lowest BCUT2D eigenvalue weighted by atomic mass is 9.90. The van der Waals surface area contributed by atoms with Crippen LogP contribution in [-0.4, -0.2) is 4.83 Å². The molecule has 0 aromatic heterocycles. The summed E-state index contributed by atoms with van der Waals surface area (Å²) in [6, 6.07) is 6.05. The summed E-state index contributed by atoms with van der Waals surface area (Å²) in [7, 11) is 0. The second-order valence-corrected chi connectivity index (χ2v) is 6.63. The van der Waals surface area contributed by atoms with Crippen LogP contribution in [0.2, 0.25) is 5.02 Å². The van der Waals surface area contributed by atoms with E-state index in [-0.39, 0.29) is 0 Å². The van der Waals surface area contributed by atoms with Crippen molar-refractivity contribution in [2.75, 3.05) is 0 Å². The number of hydrogen-bond acceptors (Lipinski definition) is 0. The molecule has 82 valence electrons. The van der Waals surface area contributed by atoms with E-state index in [4.69, 9.17) is 11.6 Å². The zero-order valence-electron chi connectivity index (χ0n) is 8.51. The predicted octanol–water partition coefficient (Wildman–Crippen LogP) is 5.38. The SMILES string of the molecule is CC1C(Br)CCC1c1c(Cl)cccc1Br. The lowest BCUT2D eigenvalue weighted by Gasteiger charge is -2.20. The average Bonchev–Trinajstić information content (AvgIpc) is 2.49. The Labute approximate surface area is 113 Å². The molecule has 0 heterocycles. The van der Waals surface area contributed by atoms with Gasteiger partial charge in [0.2, 0.25) is 0 Å². The maximum Gasteiger partial charge on any atom is 0.0452 e. The van der Waals surface area contributed by atoms with Crippen LogP contribution < -0.4 is 0 Å². The second-order valence-electron chi connectivity index (χ2n) is 4.19. The van der Waals surface area contributed by atoms with Crippen molar-refractivity contribution in [2.24, 2.45) is 5.92 Å². The number of rotatable bonds is 1. The third-order valence-electron chi connectivity index (χ3n) is 3.33. The van der Waals surface area contributed by atoms with Gasteiger partial charge in [-0.15, -0.1) is 0 Å². The fraction of sp³-hybridized carbons (Fsp3) is 0.500. The molecule has 15 heavy (non-hydrogen) atoms. The van der Waals surface area contributed by atoms with E-state index in [1.807, 2.05) is 12.1 Å². The van der Waals surface area contributed by atoms with Crippen molar-refractivity contribution in [1.82, 2.24) is 0 Å². The molecule has 0 spiro atoms. The van der Waals surface area contributed by atoms with Crippen LogP contribution in [-0.2, 0) is 0 Å². The number of benzene rings is 1. The van der Waals surface area contributed by atoms with E-state index in [1.165, 1.54) is 18.4 Å². The summed E-state index contributed by atoms with van der Waals surface area (Å²) < 4.78 is 1.15. The van der Waals surface area contributed by atoms with E-state index in [1.54, 1.807) is 0 Å². The van der Waals surface area contributed by atoms with Gasteiger partial charge in [0.05, 0.1) is 0 Å². The smallest absolute Gasteiger partial charge is 0.0452 e. The van der Waals surface area contributed by atoms with Crippen LogP contribution >= 0.6 is 43.5 Å². The Balaban J connectivity index is 2.38. The van der Waals surface area contributed by atoms with Crippen molar-refractivity contribution in [3.63, 3.8) is 0 Å². The molecule has 0 aliphatic heterocycles. The van der Waals surface area contributed by atoms with Gasteiger partial charge in [-0.25, -0.2) is 0 Å². The fourth-order valence-corrected chi connectivity index (χ4v) is 4.11. The van der Waals surface area contributed by atoms with Crippen LogP contribution in [0.15, 0.2) is 22.7 Å². The Morgan fingerprint density at radius 2 is 2.07 bits per heavy atom. The van der Waals surface area contributed by atoms with E-state index in [0.717, 1.165) is 9.50 Å². The van der Waals surface area contributed by atoms with Gasteiger partial charge in [0.1, 0.15) is 0 Å². The highest BCUT2D eigenvalue weighted by molar-refractivity contribution is 9.10. The highest BCUT2D eigenvalue weighted by Gasteiger charge is 2.34. The molecule has 0 nitrogen and oxygen atoms in total. The van der Waals surface area contributed by atoms with E-state index in [0.29, 0.717) is 16.7 Å². The van der Waals surface area contributed by atoms with Gasteiger partial charge in [0.15, 0.2) is 0 Å². The molecular weight excluding hydrogens is 339 g/mol. The van der Waals surface area contributed by atoms with Gasteiger partial charge >= 0.3 is 0 Å². The highest BCUT2D eigenvalue weighted by Crippen LogP contribution is 2.47. The minimum Gasteiger partial charge on any atom is -0.0888 e. The minimum absolute atomic E-state index is 0.581. The van der Waals surface area contributed by atoms with Gasteiger partial charge in [-0.2, -0.15) is 0 Å². The van der Waals surface area contributed by atoms with Crippen molar-refractivity contribution in [3.8, 4) is 0 Å². The van der Waals surface area contributed by atoms with Crippen LogP contribution in [0.25, 0.3) is 0 Å². The van der Waals surface area contributed by atoms with E-state index in [2.05, 4.69) is 44.8 Å². The normalized spacial score (nSPS) is 30.8. The summed E-state index contributed by atoms with van der Waals surface area (Å²) >= 11 is 13.6. The maximum absolute atomic E-state index is 6.28. The Morgan fingerprint density at radius 1 is 1.33 bits per heavy atom. The van der Waals surface area contributed by atoms with Crippen LogP contribution in [0.5, 0.6) is 0 Å². The Bertz CT molecular complexity index is 344. The molecule has 3 heteroatoms. The minimum atomic E-state index is 0.581. The first-order valence-electron chi connectivity index (χ1n) is 5.19. The van der Waals surface area contributed by atoms with E-state index < -0.39 is 0 Å². The summed E-state index contributed by atoms with van der Waals surface area (Å²) in [6.07, 6.45) is 2.46. The largest absolute Gasteiger partial charge is 0.0888 e. The van der Waals surface area contributed by atoms with Gasteiger partial charge in [-0.05, 0) is 42.4 Å². The quantitative estimate of drug-likeness (QED) is 0.595. The molecule has 3 unspecified atom stereocenters. The average molecular weight is 352 g/mol. The molecule has 0 radical (unpaired) electrons. The monoisotopic (exact) mass is 350 g/mol. The molecule has 1 saturated carbocycles. The van der Waals surface area contributed by atoms with Crippen LogP contribution in [0.3, 0.4) is 0 Å². The van der Waals surface area contributed by atoms with Gasteiger partial charge in [-0.1, -0.05) is 56.5 Å². The Kier molecular flexibility index (Phi) is 3.79. The fourth-order valence-electron chi connectivity index (χ4n) is 2.39. The molecule has 1 aliphatic carbocycles. The topological polar surface area (TPSA) is 0 Å². The van der Waals surface area contributed by atoms with Gasteiger partial charge in [-0.3, -0.25) is 0 Å². The lowest BCUT2D eigenvalue weighted by Crippen LogP contribution is -2.10. The van der Waals surface area contributed by atoms with Crippen molar-refractivity contribution >= 4 is 43.5 Å². The molecule has 1 aromatic carbocycles. The second kappa shape index (κ2) is 4.77. The number of alkyl halides is 1. The zero-order valence-corrected chi connectivity index (χ0v) is 12.4. The first kappa shape index (κ1) is 11.9. The Hall–Kier alpha value is 0.470. The maximum atomic E-state index is 6.28. The van der Waals surface area contributed by atoms with Crippen molar-refractivity contribution in [3.05, 3.63) is 33.3 Å². The van der Waals surface area contributed by atoms with Crippen molar-refractivity contribution < 1.29 is 0 Å². The van der Waals surface area contributed by atoms with Gasteiger partial charge < -0.3 is 0 Å². The predicted molar refractivity (Wildman–Crippen MR) is 73.0 cm³/mol. The summed E-state index contributed by atoms with van der Waals surface area (Å²) in [5, 5.41) is 0.892. The first-order valence-corrected chi connectivity index (χ1v) is 7.28. The van der Waals surface area contributed by atoms with Gasteiger partial charge in [0.25, 0.3) is 0 Å². The van der Waals surface area contributed by atoms with Crippen LogP contribution in [0, 0.1) is 5.92 Å². The zero-order chi connectivity index (χ0) is 11.0. The molecule has 3 atom stereocenters. The first-order chi connectivity index (χ1) is 7.11. The highest BCUT2D eigenvalue weighted by atomic mass is 79.9. The molecule has 0 saturated heterocycles. The summed E-state index contributed by atoms with van der Waals surface area (Å²) in [5.41, 5.74) is 1.29. The van der Waals surface area contributed by atoms with Gasteiger partial charge in [0, 0.05) is 14.3 Å². The molecule has 0 amide bonds. The third-order valence-corrected chi connectivity index (χ3v) is 5.64. The van der Waals surface area contributed by atoms with Crippen molar-refractivity contribution in [1.29, 1.82) is 0 Å². The van der Waals surface area contributed by atoms with E-state index >= 15 is 0 Å². The van der Waals surface area contributed by atoms with Crippen LogP contribution in [0.1, 0.15) is 31.2 Å². The number of halogens is 3. The summed E-state index contributed by atoms with van der Waals surface area (Å²) in [4.78, 5) is 0.630. The van der Waals surface area contributed by atoms with E-state index in [9.17, 15) is 0 Å². The number of hydrogen-bond donors (Lipinski definition) is 0. The molecule has 2 rings (SSSR count). The standard InChI is InChI=1S/C12H13Br2Cl/c1-7-8(5-6-9(7)13)12-10(14)3-2-4-11(12)15/h2-4,7-9H,5-6H2,1H3. The molecular formula is C12H13Br2Cl. The molecule has 1 aromatic rings. The lowest BCUT2D eigenvalue weighted by molar-refractivity contribution is 0.543. The molecule has 0 N–H and O–H groups in total. The van der Waals surface area contributed by atoms with Crippen molar-refractivity contribution in [2.45, 2.75) is 30.5 Å². The van der Waals surface area contributed by atoms with Crippen LogP contribution in [0.4, 0.5) is 0 Å². The third kappa shape index (κ3) is 2.27. The summed E-state index contributed by atoms with van der Waals surface area (Å²) in [6.45, 7) is 2.30. The molecule has 1 aliphatic rings.